The molecule has 1 aromatic carbocycles. The molecule has 2 rings (SSSR count). The Bertz CT molecular complexity index is 399. The van der Waals surface area contributed by atoms with Gasteiger partial charge in [0, 0.05) is 49.6 Å². The first-order valence-electron chi connectivity index (χ1n) is 8.50. The quantitative estimate of drug-likeness (QED) is 0.915. The number of anilines is 2. The molecule has 0 bridgehead atoms. The van der Waals surface area contributed by atoms with E-state index < -0.39 is 0 Å². The molecule has 1 N–H and O–H groups in total. The summed E-state index contributed by atoms with van der Waals surface area (Å²) < 4.78 is 0. The van der Waals surface area contributed by atoms with E-state index in [2.05, 4.69) is 67.1 Å². The predicted molar refractivity (Wildman–Crippen MR) is 93.5 cm³/mol. The van der Waals surface area contributed by atoms with Gasteiger partial charge in [0.05, 0.1) is 0 Å². The maximum atomic E-state index is 3.66. The van der Waals surface area contributed by atoms with Crippen LogP contribution >= 0.6 is 0 Å². The summed E-state index contributed by atoms with van der Waals surface area (Å²) in [4.78, 5) is 4.94. The first-order valence-corrected chi connectivity index (χ1v) is 8.50. The van der Waals surface area contributed by atoms with Crippen LogP contribution < -0.4 is 15.1 Å². The van der Waals surface area contributed by atoms with Crippen LogP contribution in [0.15, 0.2) is 24.3 Å². The summed E-state index contributed by atoms with van der Waals surface area (Å²) in [6.45, 7) is 13.4. The van der Waals surface area contributed by atoms with E-state index >= 15 is 0 Å². The second-order valence-electron chi connectivity index (χ2n) is 6.22. The van der Waals surface area contributed by atoms with Crippen LogP contribution in [0, 0.1) is 0 Å². The molecule has 0 amide bonds. The molecular formula is C18H31N3. The molecule has 21 heavy (non-hydrogen) atoms. The fraction of sp³-hybridized carbons (Fsp3) is 0.667. The van der Waals surface area contributed by atoms with Crippen molar-refractivity contribution in [3.63, 3.8) is 0 Å². The Morgan fingerprint density at radius 2 is 1.52 bits per heavy atom. The van der Waals surface area contributed by atoms with Gasteiger partial charge >= 0.3 is 0 Å². The SMILES string of the molecule is CCN(CC)c1ccc(N2CCC(C)NC(C)CC2)cc1. The Hall–Kier alpha value is -1.22. The monoisotopic (exact) mass is 289 g/mol. The standard InChI is InChI=1S/C18H31N3/c1-5-20(6-2)17-7-9-18(10-8-17)21-13-11-15(3)19-16(4)12-14-21/h7-10,15-16,19H,5-6,11-14H2,1-4H3. The van der Waals surface area contributed by atoms with Gasteiger partial charge in [0.1, 0.15) is 0 Å². The van der Waals surface area contributed by atoms with Crippen molar-refractivity contribution >= 4 is 11.4 Å². The zero-order valence-corrected chi connectivity index (χ0v) is 14.1. The lowest BCUT2D eigenvalue weighted by atomic mass is 10.1. The van der Waals surface area contributed by atoms with Crippen LogP contribution in [0.5, 0.6) is 0 Å². The molecule has 0 spiro atoms. The molecule has 1 heterocycles. The lowest BCUT2D eigenvalue weighted by Gasteiger charge is -2.32. The van der Waals surface area contributed by atoms with Crippen molar-refractivity contribution in [2.75, 3.05) is 36.0 Å². The van der Waals surface area contributed by atoms with Gasteiger partial charge in [-0.1, -0.05) is 0 Å². The number of nitrogens with one attached hydrogen (secondary N) is 1. The van der Waals surface area contributed by atoms with E-state index in [0.29, 0.717) is 12.1 Å². The average molecular weight is 289 g/mol. The Morgan fingerprint density at radius 3 is 2.00 bits per heavy atom. The van der Waals surface area contributed by atoms with E-state index in [-0.39, 0.29) is 0 Å². The largest absolute Gasteiger partial charge is 0.372 e. The van der Waals surface area contributed by atoms with Crippen molar-refractivity contribution in [2.45, 2.75) is 52.6 Å². The molecule has 3 nitrogen and oxygen atoms in total. The fourth-order valence-electron chi connectivity index (χ4n) is 3.18. The minimum atomic E-state index is 0.609. The first kappa shape index (κ1) is 16.2. The average Bonchev–Trinajstić information content (AvgIpc) is 2.48. The van der Waals surface area contributed by atoms with Gasteiger partial charge < -0.3 is 15.1 Å². The molecule has 2 atom stereocenters. The van der Waals surface area contributed by atoms with E-state index in [1.54, 1.807) is 0 Å². The lowest BCUT2D eigenvalue weighted by molar-refractivity contribution is 0.404. The summed E-state index contributed by atoms with van der Waals surface area (Å²) in [5.41, 5.74) is 2.70. The van der Waals surface area contributed by atoms with Crippen molar-refractivity contribution in [3.05, 3.63) is 24.3 Å². The highest BCUT2D eigenvalue weighted by Crippen LogP contribution is 2.22. The Kier molecular flexibility index (Phi) is 5.92. The van der Waals surface area contributed by atoms with Gasteiger partial charge in [0.2, 0.25) is 0 Å². The van der Waals surface area contributed by atoms with Crippen molar-refractivity contribution in [2.24, 2.45) is 0 Å². The van der Waals surface area contributed by atoms with Gasteiger partial charge in [-0.25, -0.2) is 0 Å². The Labute approximate surface area is 130 Å². The predicted octanol–water partition coefficient (Wildman–Crippen LogP) is 3.50. The zero-order chi connectivity index (χ0) is 15.2. The fourth-order valence-corrected chi connectivity index (χ4v) is 3.18. The molecule has 1 aromatic rings. The first-order chi connectivity index (χ1) is 10.1. The van der Waals surface area contributed by atoms with Gasteiger partial charge in [-0.2, -0.15) is 0 Å². The maximum absolute atomic E-state index is 3.66. The molecule has 0 aromatic heterocycles. The summed E-state index contributed by atoms with van der Waals surface area (Å²) >= 11 is 0. The van der Waals surface area contributed by atoms with Crippen LogP contribution in [0.2, 0.25) is 0 Å². The van der Waals surface area contributed by atoms with E-state index in [4.69, 9.17) is 0 Å². The summed E-state index contributed by atoms with van der Waals surface area (Å²) in [5, 5.41) is 3.66. The molecule has 1 aliphatic heterocycles. The number of hydrogen-bond acceptors (Lipinski definition) is 3. The molecule has 0 saturated carbocycles. The minimum Gasteiger partial charge on any atom is -0.372 e. The normalized spacial score (nSPS) is 23.5. The third-order valence-corrected chi connectivity index (χ3v) is 4.58. The van der Waals surface area contributed by atoms with Crippen LogP contribution in [-0.4, -0.2) is 38.3 Å². The van der Waals surface area contributed by atoms with E-state index in [0.717, 1.165) is 26.2 Å². The molecular weight excluding hydrogens is 258 g/mol. The van der Waals surface area contributed by atoms with Crippen LogP contribution in [0.3, 0.4) is 0 Å². The van der Waals surface area contributed by atoms with Gasteiger partial charge in [0.25, 0.3) is 0 Å². The molecule has 0 radical (unpaired) electrons. The second-order valence-corrected chi connectivity index (χ2v) is 6.22. The van der Waals surface area contributed by atoms with Gasteiger partial charge in [-0.05, 0) is 64.8 Å². The Morgan fingerprint density at radius 1 is 1.00 bits per heavy atom. The highest BCUT2D eigenvalue weighted by atomic mass is 15.1. The van der Waals surface area contributed by atoms with Gasteiger partial charge in [-0.3, -0.25) is 0 Å². The third kappa shape index (κ3) is 4.37. The number of rotatable bonds is 4. The maximum Gasteiger partial charge on any atom is 0.0367 e. The van der Waals surface area contributed by atoms with Gasteiger partial charge in [0.15, 0.2) is 0 Å². The molecule has 1 aliphatic rings. The third-order valence-electron chi connectivity index (χ3n) is 4.58. The smallest absolute Gasteiger partial charge is 0.0367 e. The summed E-state index contributed by atoms with van der Waals surface area (Å²) in [5.74, 6) is 0. The van der Waals surface area contributed by atoms with Crippen LogP contribution in [0.4, 0.5) is 11.4 Å². The van der Waals surface area contributed by atoms with Crippen LogP contribution in [-0.2, 0) is 0 Å². The van der Waals surface area contributed by atoms with Crippen molar-refractivity contribution < 1.29 is 0 Å². The van der Waals surface area contributed by atoms with Crippen molar-refractivity contribution in [1.82, 2.24) is 5.32 Å². The molecule has 1 fully saturated rings. The van der Waals surface area contributed by atoms with Gasteiger partial charge in [-0.15, -0.1) is 0 Å². The molecule has 118 valence electrons. The Balaban J connectivity index is 2.06. The number of nitrogens with zero attached hydrogens (tertiary/aromatic N) is 2. The van der Waals surface area contributed by atoms with E-state index in [1.807, 2.05) is 0 Å². The summed E-state index contributed by atoms with van der Waals surface area (Å²) in [6, 6.07) is 10.3. The van der Waals surface area contributed by atoms with Crippen molar-refractivity contribution in [3.8, 4) is 0 Å². The second kappa shape index (κ2) is 7.69. The molecule has 1 saturated heterocycles. The highest BCUT2D eigenvalue weighted by Gasteiger charge is 2.16. The molecule has 2 unspecified atom stereocenters. The van der Waals surface area contributed by atoms with Crippen LogP contribution in [0.1, 0.15) is 40.5 Å². The lowest BCUT2D eigenvalue weighted by Crippen LogP contribution is -2.43. The molecule has 3 heteroatoms. The van der Waals surface area contributed by atoms with Crippen molar-refractivity contribution in [1.29, 1.82) is 0 Å². The minimum absolute atomic E-state index is 0.609. The van der Waals surface area contributed by atoms with E-state index in [9.17, 15) is 0 Å². The molecule has 0 aliphatic carbocycles. The number of hydrogen-bond donors (Lipinski definition) is 1. The van der Waals surface area contributed by atoms with Crippen LogP contribution in [0.25, 0.3) is 0 Å². The number of benzene rings is 1. The van der Waals surface area contributed by atoms with E-state index in [1.165, 1.54) is 24.2 Å². The summed E-state index contributed by atoms with van der Waals surface area (Å²) in [6.07, 6.45) is 2.42. The summed E-state index contributed by atoms with van der Waals surface area (Å²) in [7, 11) is 0. The highest BCUT2D eigenvalue weighted by molar-refractivity contribution is 5.56. The topological polar surface area (TPSA) is 18.5 Å². The zero-order valence-electron chi connectivity index (χ0n) is 14.1.